The van der Waals surface area contributed by atoms with Gasteiger partial charge in [0, 0.05) is 0 Å². The van der Waals surface area contributed by atoms with Crippen LogP contribution in [0.3, 0.4) is 0 Å². The average Bonchev–Trinajstić information content (AvgIpc) is 2.39. The molecule has 2 saturated heterocycles. The van der Waals surface area contributed by atoms with Gasteiger partial charge in [-0.1, -0.05) is 0 Å². The molecule has 2 aliphatic heterocycles. The first kappa shape index (κ1) is 6.54. The second-order valence-electron chi connectivity index (χ2n) is 2.42. The molecular weight excluding hydrogens is 136 g/mol. The first-order valence-electron chi connectivity index (χ1n) is 3.35. The lowest BCUT2D eigenvalue weighted by Gasteiger charge is -2.30. The smallest absolute Gasteiger partial charge is 0.216 e. The molecule has 0 aromatic rings. The van der Waals surface area contributed by atoms with E-state index in [2.05, 4.69) is 0 Å². The molecule has 0 N–H and O–H groups in total. The molecule has 0 amide bonds. The number of hydrogen-bond donors (Lipinski definition) is 0. The van der Waals surface area contributed by atoms with E-state index in [1.54, 1.807) is 0 Å². The lowest BCUT2D eigenvalue weighted by atomic mass is 10.3. The van der Waals surface area contributed by atoms with Crippen molar-refractivity contribution in [2.75, 3.05) is 33.2 Å². The molecule has 0 atom stereocenters. The quantitative estimate of drug-likeness (QED) is 0.471. The predicted molar refractivity (Wildman–Crippen MR) is 31.4 cm³/mol. The van der Waals surface area contributed by atoms with Crippen LogP contribution in [0.1, 0.15) is 0 Å². The molecule has 0 saturated carbocycles. The van der Waals surface area contributed by atoms with Crippen LogP contribution >= 0.6 is 0 Å². The van der Waals surface area contributed by atoms with Crippen LogP contribution in [-0.2, 0) is 18.9 Å². The summed E-state index contributed by atoms with van der Waals surface area (Å²) in [4.78, 5) is 0. The van der Waals surface area contributed by atoms with Crippen LogP contribution in [0.15, 0.2) is 0 Å². The van der Waals surface area contributed by atoms with E-state index in [-0.39, 0.29) is 0 Å². The third kappa shape index (κ3) is 1.03. The molecule has 0 radical (unpaired) electrons. The van der Waals surface area contributed by atoms with Crippen molar-refractivity contribution >= 4 is 0 Å². The lowest BCUT2D eigenvalue weighted by Crippen LogP contribution is -2.44. The van der Waals surface area contributed by atoms with Crippen LogP contribution in [0.4, 0.5) is 0 Å². The fraction of sp³-hybridized carbons (Fsp3) is 1.00. The van der Waals surface area contributed by atoms with E-state index in [4.69, 9.17) is 18.9 Å². The molecule has 0 aromatic carbocycles. The van der Waals surface area contributed by atoms with Crippen molar-refractivity contribution < 1.29 is 18.9 Å². The van der Waals surface area contributed by atoms with Gasteiger partial charge in [-0.05, 0) is 0 Å². The van der Waals surface area contributed by atoms with E-state index in [1.165, 1.54) is 0 Å². The van der Waals surface area contributed by atoms with E-state index in [9.17, 15) is 0 Å². The van der Waals surface area contributed by atoms with Gasteiger partial charge in [-0.25, -0.2) is 0 Å². The van der Waals surface area contributed by atoms with E-state index < -0.39 is 5.79 Å². The van der Waals surface area contributed by atoms with Crippen molar-refractivity contribution in [2.24, 2.45) is 0 Å². The van der Waals surface area contributed by atoms with Gasteiger partial charge in [0.15, 0.2) is 0 Å². The maximum Gasteiger partial charge on any atom is 0.216 e. The van der Waals surface area contributed by atoms with Crippen LogP contribution < -0.4 is 0 Å². The standard InChI is InChI=1S/C6H10O4/c1-2-10-6(9-1)3-7-5-8-4-6/h1-5H2. The molecule has 0 bridgehead atoms. The maximum absolute atomic E-state index is 5.31. The van der Waals surface area contributed by atoms with E-state index in [1.807, 2.05) is 0 Å². The Balaban J connectivity index is 1.98. The van der Waals surface area contributed by atoms with E-state index in [0.29, 0.717) is 33.2 Å². The molecule has 58 valence electrons. The Labute approximate surface area is 59.0 Å². The summed E-state index contributed by atoms with van der Waals surface area (Å²) in [7, 11) is 0. The van der Waals surface area contributed by atoms with Crippen molar-refractivity contribution in [3.63, 3.8) is 0 Å². The van der Waals surface area contributed by atoms with Crippen molar-refractivity contribution in [3.8, 4) is 0 Å². The summed E-state index contributed by atoms with van der Waals surface area (Å²) in [5, 5.41) is 0. The largest absolute Gasteiger partial charge is 0.350 e. The van der Waals surface area contributed by atoms with Crippen molar-refractivity contribution in [1.29, 1.82) is 0 Å². The molecule has 4 heteroatoms. The van der Waals surface area contributed by atoms with Gasteiger partial charge in [0.1, 0.15) is 20.0 Å². The minimum absolute atomic E-state index is 0.356. The van der Waals surface area contributed by atoms with Crippen molar-refractivity contribution in [3.05, 3.63) is 0 Å². The zero-order chi connectivity index (χ0) is 6.86. The Bertz CT molecular complexity index is 111. The monoisotopic (exact) mass is 146 g/mol. The van der Waals surface area contributed by atoms with Crippen molar-refractivity contribution in [2.45, 2.75) is 5.79 Å². The van der Waals surface area contributed by atoms with Gasteiger partial charge in [0.2, 0.25) is 5.79 Å². The first-order valence-corrected chi connectivity index (χ1v) is 3.35. The summed E-state index contributed by atoms with van der Waals surface area (Å²) >= 11 is 0. The molecule has 2 aliphatic rings. The van der Waals surface area contributed by atoms with Crippen LogP contribution in [0.25, 0.3) is 0 Å². The molecule has 2 rings (SSSR count). The minimum Gasteiger partial charge on any atom is -0.350 e. The van der Waals surface area contributed by atoms with Crippen molar-refractivity contribution in [1.82, 2.24) is 0 Å². The second kappa shape index (κ2) is 2.47. The highest BCUT2D eigenvalue weighted by molar-refractivity contribution is 4.74. The van der Waals surface area contributed by atoms with Gasteiger partial charge < -0.3 is 18.9 Å². The van der Waals surface area contributed by atoms with Gasteiger partial charge >= 0.3 is 0 Å². The normalized spacial score (nSPS) is 31.2. The molecule has 4 nitrogen and oxygen atoms in total. The zero-order valence-electron chi connectivity index (χ0n) is 5.67. The second-order valence-corrected chi connectivity index (χ2v) is 2.42. The van der Waals surface area contributed by atoms with Gasteiger partial charge in [0.25, 0.3) is 0 Å². The highest BCUT2D eigenvalue weighted by atomic mass is 16.8. The fourth-order valence-electron chi connectivity index (χ4n) is 1.16. The van der Waals surface area contributed by atoms with E-state index >= 15 is 0 Å². The lowest BCUT2D eigenvalue weighted by molar-refractivity contribution is -0.282. The van der Waals surface area contributed by atoms with Gasteiger partial charge in [0.05, 0.1) is 13.2 Å². The molecule has 2 heterocycles. The Morgan fingerprint density at radius 1 is 0.900 bits per heavy atom. The average molecular weight is 146 g/mol. The summed E-state index contributed by atoms with van der Waals surface area (Å²) in [6.45, 7) is 2.63. The zero-order valence-corrected chi connectivity index (χ0v) is 5.67. The molecular formula is C6H10O4. The number of ether oxygens (including phenoxy) is 4. The molecule has 0 unspecified atom stereocenters. The molecule has 0 aliphatic carbocycles. The fourth-order valence-corrected chi connectivity index (χ4v) is 1.16. The Hall–Kier alpha value is -0.160. The Morgan fingerprint density at radius 3 is 2.10 bits per heavy atom. The van der Waals surface area contributed by atoms with Crippen LogP contribution in [0.5, 0.6) is 0 Å². The number of rotatable bonds is 0. The maximum atomic E-state index is 5.31. The highest BCUT2D eigenvalue weighted by Crippen LogP contribution is 2.22. The van der Waals surface area contributed by atoms with Gasteiger partial charge in [-0.2, -0.15) is 0 Å². The Kier molecular flexibility index (Phi) is 1.61. The summed E-state index contributed by atoms with van der Waals surface area (Å²) in [6, 6.07) is 0. The summed E-state index contributed by atoms with van der Waals surface area (Å²) in [5.41, 5.74) is 0. The SMILES string of the molecule is C1OCC2(CO1)OCCO2. The van der Waals surface area contributed by atoms with Gasteiger partial charge in [-0.15, -0.1) is 0 Å². The highest BCUT2D eigenvalue weighted by Gasteiger charge is 2.39. The Morgan fingerprint density at radius 2 is 1.50 bits per heavy atom. The first-order chi connectivity index (χ1) is 4.91. The third-order valence-electron chi connectivity index (χ3n) is 1.62. The van der Waals surface area contributed by atoms with Crippen LogP contribution in [0.2, 0.25) is 0 Å². The molecule has 1 spiro atoms. The molecule has 10 heavy (non-hydrogen) atoms. The minimum atomic E-state index is -0.571. The molecule has 2 fully saturated rings. The van der Waals surface area contributed by atoms with Crippen LogP contribution in [0, 0.1) is 0 Å². The predicted octanol–water partition coefficient (Wildman–Crippen LogP) is -0.266. The number of hydrogen-bond acceptors (Lipinski definition) is 4. The topological polar surface area (TPSA) is 36.9 Å². The summed E-state index contributed by atoms with van der Waals surface area (Å²) in [6.07, 6.45) is 0. The summed E-state index contributed by atoms with van der Waals surface area (Å²) < 4.78 is 20.7. The summed E-state index contributed by atoms with van der Waals surface area (Å²) in [5.74, 6) is -0.571. The van der Waals surface area contributed by atoms with Gasteiger partial charge in [-0.3, -0.25) is 0 Å². The molecule has 0 aromatic heterocycles. The third-order valence-corrected chi connectivity index (χ3v) is 1.62. The van der Waals surface area contributed by atoms with Crippen LogP contribution in [-0.4, -0.2) is 39.0 Å². The van der Waals surface area contributed by atoms with E-state index in [0.717, 1.165) is 0 Å².